The largest absolute Gasteiger partial charge is 0.426 e. The van der Waals surface area contributed by atoms with Gasteiger partial charge in [0.05, 0.1) is 12.8 Å². The predicted molar refractivity (Wildman–Crippen MR) is 268 cm³/mol. The van der Waals surface area contributed by atoms with Crippen molar-refractivity contribution < 1.29 is 19.1 Å². The highest BCUT2D eigenvalue weighted by molar-refractivity contribution is 5.89. The average Bonchev–Trinajstić information content (AvgIpc) is 3.35. The van der Waals surface area contributed by atoms with Gasteiger partial charge in [-0.05, 0) is 155 Å². The molecule has 0 aliphatic heterocycles. The zero-order valence-electron chi connectivity index (χ0n) is 37.9. The molecule has 0 radical (unpaired) electrons. The quantitative estimate of drug-likeness (QED) is 0.0960. The number of hydrogen-bond acceptors (Lipinski definition) is 4. The smallest absolute Gasteiger partial charge is 0.315 e. The lowest BCUT2D eigenvalue weighted by Crippen LogP contribution is -2.17. The third-order valence-electron chi connectivity index (χ3n) is 13.5. The van der Waals surface area contributed by atoms with Crippen LogP contribution in [0.5, 0.6) is 11.5 Å². The van der Waals surface area contributed by atoms with E-state index in [1.54, 1.807) is 0 Å². The Hall–Kier alpha value is -7.30. The highest BCUT2D eigenvalue weighted by Crippen LogP contribution is 2.47. The zero-order chi connectivity index (χ0) is 45.0. The Bertz CT molecular complexity index is 2800. The van der Waals surface area contributed by atoms with E-state index < -0.39 is 0 Å². The Kier molecular flexibility index (Phi) is 12.3. The number of hydrogen-bond donors (Lipinski definition) is 0. The van der Waals surface area contributed by atoms with Gasteiger partial charge in [0.2, 0.25) is 0 Å². The van der Waals surface area contributed by atoms with Crippen molar-refractivity contribution in [2.24, 2.45) is 0 Å². The first-order chi connectivity index (χ1) is 32.3. The first kappa shape index (κ1) is 42.6. The summed E-state index contributed by atoms with van der Waals surface area (Å²) in [7, 11) is 0. The molecule has 0 heterocycles. The molecule has 4 heteroatoms. The van der Waals surface area contributed by atoms with Crippen LogP contribution in [0.15, 0.2) is 170 Å². The highest BCUT2D eigenvalue weighted by Gasteiger charge is 2.28. The van der Waals surface area contributed by atoms with Gasteiger partial charge in [0.1, 0.15) is 11.5 Å². The summed E-state index contributed by atoms with van der Waals surface area (Å²) in [5, 5.41) is 0. The first-order valence-corrected chi connectivity index (χ1v) is 23.6. The molecule has 0 saturated heterocycles. The number of carbonyl (C=O) groups is 2. The second-order valence-corrected chi connectivity index (χ2v) is 18.1. The first-order valence-electron chi connectivity index (χ1n) is 23.6. The van der Waals surface area contributed by atoms with E-state index in [4.69, 9.17) is 9.47 Å². The fraction of sp³-hybridized carbons (Fsp3) is 0.194. The summed E-state index contributed by atoms with van der Waals surface area (Å²) in [5.74, 6) is 0.418. The lowest BCUT2D eigenvalue weighted by atomic mass is 9.80. The van der Waals surface area contributed by atoms with E-state index in [1.807, 2.05) is 36.4 Å². The van der Waals surface area contributed by atoms with E-state index in [-0.39, 0.29) is 24.8 Å². The Morgan fingerprint density at radius 1 is 0.348 bits per heavy atom. The molecule has 326 valence electrons. The van der Waals surface area contributed by atoms with Gasteiger partial charge in [0.15, 0.2) is 0 Å². The van der Waals surface area contributed by atoms with Crippen LogP contribution < -0.4 is 9.47 Å². The molecule has 2 aliphatic rings. The predicted octanol–water partition coefficient (Wildman–Crippen LogP) is 14.7. The van der Waals surface area contributed by atoms with Crippen LogP contribution in [-0.4, -0.2) is 11.9 Å². The fourth-order valence-electron chi connectivity index (χ4n) is 9.81. The normalized spacial score (nSPS) is 13.1. The molecule has 0 aromatic heterocycles. The Morgan fingerprint density at radius 2 is 0.621 bits per heavy atom. The minimum Gasteiger partial charge on any atom is -0.426 e. The van der Waals surface area contributed by atoms with Crippen LogP contribution in [0.1, 0.15) is 70.2 Å². The molecular weight excluding hydrogens is 809 g/mol. The van der Waals surface area contributed by atoms with E-state index in [2.05, 4.69) is 147 Å². The van der Waals surface area contributed by atoms with Gasteiger partial charge in [0.25, 0.3) is 0 Å². The van der Waals surface area contributed by atoms with E-state index in [0.29, 0.717) is 11.5 Å². The zero-order valence-corrected chi connectivity index (χ0v) is 37.9. The van der Waals surface area contributed by atoms with Crippen molar-refractivity contribution in [2.75, 3.05) is 0 Å². The minimum absolute atomic E-state index is 0.134. The van der Waals surface area contributed by atoms with Crippen LogP contribution in [0, 0.1) is 13.8 Å². The second-order valence-electron chi connectivity index (χ2n) is 18.1. The number of carbonyl (C=O) groups excluding carboxylic acids is 2. The molecule has 10 rings (SSSR count). The summed E-state index contributed by atoms with van der Waals surface area (Å²) < 4.78 is 12.8. The van der Waals surface area contributed by atoms with Crippen LogP contribution in [0.4, 0.5) is 0 Å². The molecule has 0 N–H and O–H groups in total. The number of ether oxygens (including phenoxy) is 2. The van der Waals surface area contributed by atoms with E-state index in [0.717, 1.165) is 95.9 Å². The lowest BCUT2D eigenvalue weighted by Gasteiger charge is -2.27. The number of benzene rings is 8. The maximum absolute atomic E-state index is 13.9. The van der Waals surface area contributed by atoms with Gasteiger partial charge < -0.3 is 9.47 Å². The Morgan fingerprint density at radius 3 is 0.939 bits per heavy atom. The number of fused-ring (bicyclic) bond motifs is 2. The molecule has 0 fully saturated rings. The summed E-state index contributed by atoms with van der Waals surface area (Å²) in [6.45, 7) is 4.20. The molecule has 66 heavy (non-hydrogen) atoms. The summed E-state index contributed by atoms with van der Waals surface area (Å²) in [6.07, 6.45) is 8.29. The summed E-state index contributed by atoms with van der Waals surface area (Å²) in [6, 6.07) is 58.9. The molecule has 4 nitrogen and oxygen atoms in total. The second kappa shape index (κ2) is 19.0. The van der Waals surface area contributed by atoms with Gasteiger partial charge in [-0.1, -0.05) is 169 Å². The number of rotatable bonds is 11. The van der Waals surface area contributed by atoms with Gasteiger partial charge in [-0.3, -0.25) is 9.59 Å². The molecule has 8 aromatic carbocycles. The molecule has 8 aromatic rings. The van der Waals surface area contributed by atoms with Crippen molar-refractivity contribution in [3.8, 4) is 67.1 Å². The lowest BCUT2D eigenvalue weighted by molar-refractivity contribution is -0.134. The molecule has 0 unspecified atom stereocenters. The van der Waals surface area contributed by atoms with E-state index in [9.17, 15) is 9.59 Å². The molecule has 0 amide bonds. The maximum atomic E-state index is 13.9. The molecule has 0 spiro atoms. The molecule has 0 atom stereocenters. The van der Waals surface area contributed by atoms with Gasteiger partial charge >= 0.3 is 11.9 Å². The monoisotopic (exact) mass is 862 g/mol. The molecule has 0 bridgehead atoms. The topological polar surface area (TPSA) is 52.6 Å². The van der Waals surface area contributed by atoms with E-state index >= 15 is 0 Å². The average molecular weight is 863 g/mol. The molecular formula is C62H54O4. The summed E-state index contributed by atoms with van der Waals surface area (Å²) >= 11 is 0. The van der Waals surface area contributed by atoms with Crippen LogP contribution in [0.25, 0.3) is 55.6 Å². The van der Waals surface area contributed by atoms with Gasteiger partial charge in [-0.25, -0.2) is 0 Å². The summed E-state index contributed by atoms with van der Waals surface area (Å²) in [4.78, 5) is 27.9. The van der Waals surface area contributed by atoms with Gasteiger partial charge in [-0.2, -0.15) is 0 Å². The van der Waals surface area contributed by atoms with E-state index in [1.165, 1.54) is 55.6 Å². The van der Waals surface area contributed by atoms with Crippen molar-refractivity contribution in [1.82, 2.24) is 0 Å². The van der Waals surface area contributed by atoms with Crippen LogP contribution in [-0.2, 0) is 48.1 Å². The Labute approximate surface area is 388 Å². The van der Waals surface area contributed by atoms with Crippen LogP contribution in [0.2, 0.25) is 0 Å². The van der Waals surface area contributed by atoms with Crippen LogP contribution >= 0.6 is 0 Å². The standard InChI is InChI=1S/C62H54O4/c1-41-11-19-45(20-12-41)49-27-31-51(32-28-49)47-23-15-43(16-24-47)39-59(63)65-57-37-35-53-7-3-5-9-55(53)61(57)62-56-10-6-4-8-54(56)36-38-58(62)66-60(64)40-44-17-25-48(26-18-44)52-33-29-50(30-34-52)46-21-13-42(2)14-22-46/h11-38H,3-10,39-40H2,1-2H3. The minimum atomic E-state index is -0.323. The SMILES string of the molecule is Cc1ccc(-c2ccc(-c3ccc(CC(=O)Oc4ccc5c(c4-c4c(OC(=O)Cc6ccc(-c7ccc(-c8ccc(C)cc8)cc7)cc6)ccc6c4CCCC6)CCCC5)cc3)cc2)cc1. The highest BCUT2D eigenvalue weighted by atomic mass is 16.5. The van der Waals surface area contributed by atoms with Crippen molar-refractivity contribution >= 4 is 11.9 Å². The van der Waals surface area contributed by atoms with Crippen molar-refractivity contribution in [1.29, 1.82) is 0 Å². The Balaban J connectivity index is 0.874. The maximum Gasteiger partial charge on any atom is 0.315 e. The van der Waals surface area contributed by atoms with Crippen molar-refractivity contribution in [2.45, 2.75) is 78.1 Å². The third-order valence-corrected chi connectivity index (χ3v) is 13.5. The molecule has 0 saturated carbocycles. The number of esters is 2. The van der Waals surface area contributed by atoms with Crippen LogP contribution in [0.3, 0.4) is 0 Å². The summed E-state index contributed by atoms with van der Waals surface area (Å²) in [5.41, 5.74) is 20.2. The van der Waals surface area contributed by atoms with Gasteiger partial charge in [0, 0.05) is 11.1 Å². The molecule has 2 aliphatic carbocycles. The number of aryl methyl sites for hydroxylation is 4. The van der Waals surface area contributed by atoms with Crippen molar-refractivity contribution in [3.63, 3.8) is 0 Å². The van der Waals surface area contributed by atoms with Crippen molar-refractivity contribution in [3.05, 3.63) is 214 Å². The van der Waals surface area contributed by atoms with Gasteiger partial charge in [-0.15, -0.1) is 0 Å². The third kappa shape index (κ3) is 9.41. The fourth-order valence-corrected chi connectivity index (χ4v) is 9.81.